The topological polar surface area (TPSA) is 173 Å². The number of phenolic OH excluding ortho intramolecular Hbond substituents is 1. The van der Waals surface area contributed by atoms with Gasteiger partial charge in [0.2, 0.25) is 5.84 Å². The molecule has 0 bridgehead atoms. The number of anilines is 2. The standard InChI is InChI=1S/C21H18FN5O6S/c22-12-23-17-10-14(34(31,32)33)11-18(19(17)28)25-27-20(13-6-2-1-3-7-13)26-24-16-9-5-4-8-15(16)21(29)30/h1-11,23,25,28H,12H2,(H,29,30)(H,31,32,33). The summed E-state index contributed by atoms with van der Waals surface area (Å²) in [6.45, 7) is -1.13. The number of amidine groups is 1. The van der Waals surface area contributed by atoms with Crippen molar-refractivity contribution >= 4 is 39.0 Å². The minimum absolute atomic E-state index is 0.0579. The van der Waals surface area contributed by atoms with E-state index in [4.69, 9.17) is 0 Å². The van der Waals surface area contributed by atoms with E-state index < -0.39 is 33.5 Å². The third kappa shape index (κ3) is 5.90. The van der Waals surface area contributed by atoms with Gasteiger partial charge in [0, 0.05) is 5.56 Å². The highest BCUT2D eigenvalue weighted by Crippen LogP contribution is 2.35. The monoisotopic (exact) mass is 487 g/mol. The average molecular weight is 487 g/mol. The quantitative estimate of drug-likeness (QED) is 0.0597. The molecule has 0 saturated carbocycles. The first-order valence-electron chi connectivity index (χ1n) is 9.48. The number of carbonyl (C=O) groups is 1. The zero-order chi connectivity index (χ0) is 24.7. The van der Waals surface area contributed by atoms with Gasteiger partial charge < -0.3 is 15.5 Å². The molecule has 0 heterocycles. The smallest absolute Gasteiger partial charge is 0.337 e. The molecule has 3 aromatic rings. The van der Waals surface area contributed by atoms with E-state index in [9.17, 15) is 32.4 Å². The highest BCUT2D eigenvalue weighted by molar-refractivity contribution is 7.85. The van der Waals surface area contributed by atoms with E-state index in [-0.39, 0.29) is 28.5 Å². The van der Waals surface area contributed by atoms with Gasteiger partial charge in [-0.05, 0) is 24.3 Å². The lowest BCUT2D eigenvalue weighted by Crippen LogP contribution is -2.05. The number of carboxylic acid groups (broad SMARTS) is 1. The third-order valence-electron chi connectivity index (χ3n) is 4.34. The molecule has 13 heteroatoms. The molecule has 0 aliphatic heterocycles. The van der Waals surface area contributed by atoms with Crippen molar-refractivity contribution in [2.24, 2.45) is 15.3 Å². The van der Waals surface area contributed by atoms with Crippen LogP contribution in [-0.2, 0) is 10.1 Å². The van der Waals surface area contributed by atoms with E-state index in [1.54, 1.807) is 36.4 Å². The molecular weight excluding hydrogens is 469 g/mol. The molecule has 0 spiro atoms. The van der Waals surface area contributed by atoms with Crippen molar-refractivity contribution in [1.29, 1.82) is 0 Å². The summed E-state index contributed by atoms with van der Waals surface area (Å²) >= 11 is 0. The second-order valence-corrected chi connectivity index (χ2v) is 8.01. The van der Waals surface area contributed by atoms with E-state index in [1.165, 1.54) is 18.2 Å². The fourth-order valence-electron chi connectivity index (χ4n) is 2.74. The summed E-state index contributed by atoms with van der Waals surface area (Å²) < 4.78 is 45.2. The Bertz CT molecular complexity index is 1360. The Kier molecular flexibility index (Phi) is 7.50. The predicted molar refractivity (Wildman–Crippen MR) is 122 cm³/mol. The Morgan fingerprint density at radius 2 is 1.65 bits per heavy atom. The number of aromatic hydroxyl groups is 1. The fraction of sp³-hybridized carbons (Fsp3) is 0.0476. The zero-order valence-electron chi connectivity index (χ0n) is 17.3. The molecule has 0 amide bonds. The van der Waals surface area contributed by atoms with Crippen molar-refractivity contribution in [2.45, 2.75) is 4.90 Å². The van der Waals surface area contributed by atoms with Crippen molar-refractivity contribution in [2.75, 3.05) is 17.5 Å². The second kappa shape index (κ2) is 10.5. The number of halogens is 1. The molecule has 0 aliphatic rings. The number of nitrogens with zero attached hydrogens (tertiary/aromatic N) is 3. The summed E-state index contributed by atoms with van der Waals surface area (Å²) in [6, 6.07) is 16.0. The molecule has 3 aromatic carbocycles. The lowest BCUT2D eigenvalue weighted by molar-refractivity contribution is 0.0697. The van der Waals surface area contributed by atoms with Crippen LogP contribution in [0.5, 0.6) is 5.75 Å². The number of benzene rings is 3. The van der Waals surface area contributed by atoms with Crippen LogP contribution in [0.2, 0.25) is 0 Å². The van der Waals surface area contributed by atoms with Crippen LogP contribution in [-0.4, -0.2) is 41.8 Å². The highest BCUT2D eigenvalue weighted by Gasteiger charge is 2.17. The number of rotatable bonds is 8. The molecule has 0 radical (unpaired) electrons. The minimum atomic E-state index is -4.69. The van der Waals surface area contributed by atoms with Crippen LogP contribution in [0.4, 0.5) is 21.5 Å². The molecule has 0 aromatic heterocycles. The molecule has 3 rings (SSSR count). The Morgan fingerprint density at radius 1 is 1.00 bits per heavy atom. The summed E-state index contributed by atoms with van der Waals surface area (Å²) in [5.41, 5.74) is 2.24. The number of phenols is 1. The van der Waals surface area contributed by atoms with Gasteiger partial charge >= 0.3 is 5.97 Å². The molecule has 176 valence electrons. The van der Waals surface area contributed by atoms with Gasteiger partial charge in [0.25, 0.3) is 10.1 Å². The van der Waals surface area contributed by atoms with Crippen molar-refractivity contribution in [1.82, 2.24) is 0 Å². The molecule has 0 atom stereocenters. The summed E-state index contributed by atoms with van der Waals surface area (Å²) in [5, 5.41) is 33.8. The van der Waals surface area contributed by atoms with Crippen molar-refractivity contribution in [3.8, 4) is 5.75 Å². The van der Waals surface area contributed by atoms with Gasteiger partial charge in [0.05, 0.1) is 16.1 Å². The first kappa shape index (κ1) is 24.3. The lowest BCUT2D eigenvalue weighted by atomic mass is 10.2. The number of aromatic carboxylic acids is 1. The number of hydrogen-bond donors (Lipinski definition) is 5. The van der Waals surface area contributed by atoms with Crippen LogP contribution in [0.25, 0.3) is 0 Å². The van der Waals surface area contributed by atoms with Gasteiger partial charge in [-0.1, -0.05) is 42.5 Å². The zero-order valence-corrected chi connectivity index (χ0v) is 18.1. The number of hydrogen-bond acceptors (Lipinski definition) is 8. The second-order valence-electron chi connectivity index (χ2n) is 6.59. The van der Waals surface area contributed by atoms with Gasteiger partial charge in [-0.2, -0.15) is 13.5 Å². The van der Waals surface area contributed by atoms with Gasteiger partial charge in [-0.25, -0.2) is 9.18 Å². The molecular formula is C21H18FN5O6S. The van der Waals surface area contributed by atoms with Crippen LogP contribution in [0, 0.1) is 0 Å². The third-order valence-corrected chi connectivity index (χ3v) is 5.17. The van der Waals surface area contributed by atoms with E-state index >= 15 is 0 Å². The van der Waals surface area contributed by atoms with Gasteiger partial charge in [-0.15, -0.1) is 10.2 Å². The Morgan fingerprint density at radius 3 is 2.29 bits per heavy atom. The number of carboxylic acids is 1. The summed E-state index contributed by atoms with van der Waals surface area (Å²) in [5.74, 6) is -1.84. The van der Waals surface area contributed by atoms with Crippen LogP contribution in [0.1, 0.15) is 15.9 Å². The van der Waals surface area contributed by atoms with Crippen LogP contribution < -0.4 is 10.7 Å². The lowest BCUT2D eigenvalue weighted by Gasteiger charge is -2.12. The van der Waals surface area contributed by atoms with Gasteiger partial charge in [0.15, 0.2) is 12.5 Å². The van der Waals surface area contributed by atoms with Crippen molar-refractivity contribution in [3.05, 3.63) is 77.9 Å². The molecule has 0 fully saturated rings. The molecule has 0 unspecified atom stereocenters. The molecule has 0 saturated heterocycles. The first-order valence-corrected chi connectivity index (χ1v) is 10.9. The minimum Gasteiger partial charge on any atom is -0.504 e. The average Bonchev–Trinajstić information content (AvgIpc) is 2.81. The number of alkyl halides is 1. The van der Waals surface area contributed by atoms with Gasteiger partial charge in [-0.3, -0.25) is 9.98 Å². The van der Waals surface area contributed by atoms with E-state index in [0.717, 1.165) is 12.1 Å². The molecule has 5 N–H and O–H groups in total. The van der Waals surface area contributed by atoms with Gasteiger partial charge in [0.1, 0.15) is 11.4 Å². The van der Waals surface area contributed by atoms with E-state index in [1.807, 2.05) is 0 Å². The first-order chi connectivity index (χ1) is 16.2. The van der Waals surface area contributed by atoms with Crippen molar-refractivity contribution < 1.29 is 32.4 Å². The normalized spacial score (nSPS) is 12.0. The Balaban J connectivity index is 2.06. The molecule has 34 heavy (non-hydrogen) atoms. The van der Waals surface area contributed by atoms with Crippen LogP contribution >= 0.6 is 0 Å². The summed E-state index contributed by atoms with van der Waals surface area (Å²) in [4.78, 5) is 10.8. The number of nitrogens with one attached hydrogen (secondary N) is 2. The maximum atomic E-state index is 12.8. The number of azo groups is 1. The largest absolute Gasteiger partial charge is 0.504 e. The predicted octanol–water partition coefficient (Wildman–Crippen LogP) is 4.23. The molecule has 0 aliphatic carbocycles. The number of hydrazone groups is 1. The fourth-order valence-corrected chi connectivity index (χ4v) is 3.27. The SMILES string of the molecule is O=C(O)c1ccccc1N=NC(=NNc1cc(S(=O)(=O)O)cc(NCF)c1O)c1ccccc1. The van der Waals surface area contributed by atoms with Crippen molar-refractivity contribution in [3.63, 3.8) is 0 Å². The highest BCUT2D eigenvalue weighted by atomic mass is 32.2. The van der Waals surface area contributed by atoms with Crippen LogP contribution in [0.15, 0.2) is 87.0 Å². The Hall–Kier alpha value is -4.36. The summed E-state index contributed by atoms with van der Waals surface area (Å²) in [6.07, 6.45) is 0. The maximum Gasteiger partial charge on any atom is 0.337 e. The van der Waals surface area contributed by atoms with E-state index in [0.29, 0.717) is 5.56 Å². The van der Waals surface area contributed by atoms with E-state index in [2.05, 4.69) is 26.1 Å². The summed E-state index contributed by atoms with van der Waals surface area (Å²) in [7, 11) is -4.69. The van der Waals surface area contributed by atoms with Crippen LogP contribution in [0.3, 0.4) is 0 Å². The maximum absolute atomic E-state index is 12.8. The molecule has 11 nitrogen and oxygen atoms in total. The Labute approximate surface area is 193 Å².